The lowest BCUT2D eigenvalue weighted by atomic mass is 10.0. The van der Waals surface area contributed by atoms with Crippen LogP contribution in [-0.4, -0.2) is 66.2 Å². The van der Waals surface area contributed by atoms with Crippen molar-refractivity contribution in [1.29, 1.82) is 0 Å². The summed E-state index contributed by atoms with van der Waals surface area (Å²) in [6.07, 6.45) is -7.66. The number of carbonyl (C=O) groups excluding carboxylic acids is 1. The smallest absolute Gasteiger partial charge is 0.298 e. The largest absolute Gasteiger partial charge is 0.394 e. The molecule has 0 fully saturated rings. The van der Waals surface area contributed by atoms with Gasteiger partial charge in [-0.25, -0.2) is 0 Å². The van der Waals surface area contributed by atoms with Crippen molar-refractivity contribution in [3.05, 3.63) is 29.8 Å². The molecule has 0 unspecified atom stereocenters. The van der Waals surface area contributed by atoms with E-state index < -0.39 is 41.1 Å². The normalized spacial score (nSPS) is 17.5. The summed E-state index contributed by atoms with van der Waals surface area (Å²) in [6.45, 7) is 0.640. The molecule has 0 aromatic heterocycles. The van der Waals surface area contributed by atoms with E-state index >= 15 is 0 Å². The molecule has 4 atom stereocenters. The number of aliphatic hydroxyl groups excluding tert-OH is 4. The van der Waals surface area contributed by atoms with Gasteiger partial charge in [0.05, 0.1) is 11.5 Å². The average molecular weight is 334 g/mol. The first-order valence-electron chi connectivity index (χ1n) is 6.34. The van der Waals surface area contributed by atoms with Gasteiger partial charge in [-0.2, -0.15) is 8.42 Å². The second-order valence-corrected chi connectivity index (χ2v) is 6.19. The van der Waals surface area contributed by atoms with Crippen molar-refractivity contribution in [2.75, 3.05) is 6.61 Å². The molecule has 8 nitrogen and oxygen atoms in total. The van der Waals surface area contributed by atoms with E-state index in [2.05, 4.69) is 4.18 Å². The summed E-state index contributed by atoms with van der Waals surface area (Å²) in [5.41, 5.74) is 0.373. The zero-order valence-corrected chi connectivity index (χ0v) is 12.5. The highest BCUT2D eigenvalue weighted by molar-refractivity contribution is 7.86. The van der Waals surface area contributed by atoms with Crippen molar-refractivity contribution in [2.45, 2.75) is 36.2 Å². The van der Waals surface area contributed by atoms with Gasteiger partial charge in [0.25, 0.3) is 10.1 Å². The Morgan fingerprint density at radius 1 is 1.18 bits per heavy atom. The summed E-state index contributed by atoms with van der Waals surface area (Å²) in [7, 11) is -4.36. The average Bonchev–Trinajstić information content (AvgIpc) is 2.50. The van der Waals surface area contributed by atoms with Crippen LogP contribution in [0.4, 0.5) is 0 Å². The van der Waals surface area contributed by atoms with E-state index in [0.29, 0.717) is 5.56 Å². The highest BCUT2D eigenvalue weighted by Crippen LogP contribution is 2.20. The standard InChI is InChI=1S/C13H18O8S/c1-8-4-2-3-5-11(8)22(19,20)21-10(7-15)13(18)12(17)9(16)6-14/h2-5,7,9-10,12-14,16-18H,6H2,1H3/t9-,10+,12-,13-/m1/s1. The maximum Gasteiger partial charge on any atom is 0.298 e. The second kappa shape index (κ2) is 7.77. The number of aryl methyl sites for hydroxylation is 1. The summed E-state index contributed by atoms with van der Waals surface area (Å²) in [4.78, 5) is 10.8. The minimum atomic E-state index is -4.36. The fraction of sp³-hybridized carbons (Fsp3) is 0.462. The Morgan fingerprint density at radius 3 is 2.27 bits per heavy atom. The minimum absolute atomic E-state index is 0.00615. The van der Waals surface area contributed by atoms with Crippen molar-refractivity contribution < 1.29 is 37.8 Å². The van der Waals surface area contributed by atoms with Gasteiger partial charge in [0.2, 0.25) is 0 Å². The van der Waals surface area contributed by atoms with Crippen LogP contribution >= 0.6 is 0 Å². The molecule has 0 spiro atoms. The molecule has 0 saturated heterocycles. The van der Waals surface area contributed by atoms with Gasteiger partial charge in [-0.05, 0) is 18.6 Å². The van der Waals surface area contributed by atoms with Crippen LogP contribution in [0.2, 0.25) is 0 Å². The Kier molecular flexibility index (Phi) is 6.60. The van der Waals surface area contributed by atoms with E-state index in [-0.39, 0.29) is 11.2 Å². The highest BCUT2D eigenvalue weighted by atomic mass is 32.2. The van der Waals surface area contributed by atoms with E-state index in [1.807, 2.05) is 0 Å². The molecule has 22 heavy (non-hydrogen) atoms. The molecule has 1 aromatic rings. The van der Waals surface area contributed by atoms with Gasteiger partial charge in [0, 0.05) is 0 Å². The SMILES string of the molecule is Cc1ccccc1S(=O)(=O)O[C@@H](C=O)[C@@H](O)[C@H](O)[C@H](O)CO. The van der Waals surface area contributed by atoms with Gasteiger partial charge in [-0.1, -0.05) is 18.2 Å². The van der Waals surface area contributed by atoms with Crippen LogP contribution in [0.3, 0.4) is 0 Å². The summed E-state index contributed by atoms with van der Waals surface area (Å²) >= 11 is 0. The molecule has 9 heteroatoms. The van der Waals surface area contributed by atoms with Crippen LogP contribution in [0.1, 0.15) is 5.56 Å². The molecular weight excluding hydrogens is 316 g/mol. The lowest BCUT2D eigenvalue weighted by Gasteiger charge is -2.25. The molecule has 0 aliphatic carbocycles. The summed E-state index contributed by atoms with van der Waals surface area (Å²) in [5, 5.41) is 37.1. The number of rotatable bonds is 8. The van der Waals surface area contributed by atoms with Gasteiger partial charge in [-0.15, -0.1) is 0 Å². The molecule has 1 rings (SSSR count). The summed E-state index contributed by atoms with van der Waals surface area (Å²) < 4.78 is 28.8. The predicted octanol–water partition coefficient (Wildman–Crippen LogP) is -1.66. The van der Waals surface area contributed by atoms with Crippen molar-refractivity contribution in [2.24, 2.45) is 0 Å². The third kappa shape index (κ3) is 4.32. The lowest BCUT2D eigenvalue weighted by Crippen LogP contribution is -2.48. The minimum Gasteiger partial charge on any atom is -0.394 e. The van der Waals surface area contributed by atoms with Crippen LogP contribution < -0.4 is 0 Å². The quantitative estimate of drug-likeness (QED) is 0.327. The molecule has 0 aliphatic heterocycles. The molecule has 0 bridgehead atoms. The zero-order chi connectivity index (χ0) is 16.9. The zero-order valence-electron chi connectivity index (χ0n) is 11.7. The molecule has 0 saturated carbocycles. The van der Waals surface area contributed by atoms with E-state index in [1.54, 1.807) is 6.07 Å². The Morgan fingerprint density at radius 2 is 1.77 bits per heavy atom. The first-order chi connectivity index (χ1) is 10.2. The van der Waals surface area contributed by atoms with Crippen LogP contribution in [0.15, 0.2) is 29.2 Å². The topological polar surface area (TPSA) is 141 Å². The molecular formula is C13H18O8S. The Bertz CT molecular complexity index is 600. The molecule has 0 amide bonds. The monoisotopic (exact) mass is 334 g/mol. The van der Waals surface area contributed by atoms with Gasteiger partial charge < -0.3 is 25.2 Å². The molecule has 124 valence electrons. The lowest BCUT2D eigenvalue weighted by molar-refractivity contribution is -0.132. The van der Waals surface area contributed by atoms with E-state index in [9.17, 15) is 28.5 Å². The number of aliphatic hydroxyl groups is 4. The Hall–Kier alpha value is -1.36. The second-order valence-electron chi connectivity index (χ2n) is 4.65. The summed E-state index contributed by atoms with van der Waals surface area (Å²) in [5.74, 6) is 0. The first-order valence-corrected chi connectivity index (χ1v) is 7.74. The van der Waals surface area contributed by atoms with Gasteiger partial charge in [0.1, 0.15) is 18.3 Å². The van der Waals surface area contributed by atoms with E-state index in [4.69, 9.17) is 5.11 Å². The molecule has 0 radical (unpaired) electrons. The van der Waals surface area contributed by atoms with E-state index in [0.717, 1.165) is 0 Å². The van der Waals surface area contributed by atoms with Gasteiger partial charge in [0.15, 0.2) is 12.4 Å². The van der Waals surface area contributed by atoms with Crippen LogP contribution in [0.5, 0.6) is 0 Å². The van der Waals surface area contributed by atoms with Gasteiger partial charge >= 0.3 is 0 Å². The third-order valence-corrected chi connectivity index (χ3v) is 4.47. The number of hydrogen-bond donors (Lipinski definition) is 4. The van der Waals surface area contributed by atoms with E-state index in [1.165, 1.54) is 25.1 Å². The van der Waals surface area contributed by atoms with Gasteiger partial charge in [-0.3, -0.25) is 4.18 Å². The van der Waals surface area contributed by atoms with Crippen LogP contribution in [0, 0.1) is 6.92 Å². The Balaban J connectivity index is 2.99. The maximum absolute atomic E-state index is 12.1. The van der Waals surface area contributed by atoms with Crippen LogP contribution in [0.25, 0.3) is 0 Å². The van der Waals surface area contributed by atoms with Crippen molar-refractivity contribution in [3.8, 4) is 0 Å². The van der Waals surface area contributed by atoms with Crippen molar-refractivity contribution in [1.82, 2.24) is 0 Å². The third-order valence-electron chi connectivity index (χ3n) is 3.00. The fourth-order valence-electron chi connectivity index (χ4n) is 1.73. The van der Waals surface area contributed by atoms with Crippen molar-refractivity contribution in [3.63, 3.8) is 0 Å². The highest BCUT2D eigenvalue weighted by Gasteiger charge is 2.35. The van der Waals surface area contributed by atoms with Crippen molar-refractivity contribution >= 4 is 16.4 Å². The maximum atomic E-state index is 12.1. The Labute approximate surface area is 127 Å². The van der Waals surface area contributed by atoms with Crippen LogP contribution in [-0.2, 0) is 19.1 Å². The predicted molar refractivity (Wildman–Crippen MR) is 74.4 cm³/mol. The fourth-order valence-corrected chi connectivity index (χ4v) is 2.99. The molecule has 1 aromatic carbocycles. The number of hydrogen-bond acceptors (Lipinski definition) is 8. The number of aldehydes is 1. The summed E-state index contributed by atoms with van der Waals surface area (Å²) in [6, 6.07) is 5.85. The molecule has 4 N–H and O–H groups in total. The number of benzene rings is 1. The molecule has 0 heterocycles. The first kappa shape index (κ1) is 18.7. The molecule has 0 aliphatic rings. The number of carbonyl (C=O) groups is 1.